The third-order valence-corrected chi connectivity index (χ3v) is 2.70. The van der Waals surface area contributed by atoms with Crippen molar-refractivity contribution in [1.29, 1.82) is 0 Å². The second-order valence-electron chi connectivity index (χ2n) is 5.41. The SMILES string of the molecule is CC(C)NC(=O)NC(=O)CNc1cccc(C(=O)NCC(F)(F)F)c1. The van der Waals surface area contributed by atoms with Crippen molar-refractivity contribution >= 4 is 23.5 Å². The Morgan fingerprint density at radius 1 is 1.16 bits per heavy atom. The first-order chi connectivity index (χ1) is 11.6. The number of rotatable bonds is 6. The molecule has 0 saturated carbocycles. The van der Waals surface area contributed by atoms with Gasteiger partial charge >= 0.3 is 12.2 Å². The van der Waals surface area contributed by atoms with Crippen LogP contribution in [0.15, 0.2) is 24.3 Å². The number of hydrogen-bond acceptors (Lipinski definition) is 4. The zero-order valence-electron chi connectivity index (χ0n) is 13.7. The van der Waals surface area contributed by atoms with Gasteiger partial charge in [-0.2, -0.15) is 13.2 Å². The number of nitrogens with one attached hydrogen (secondary N) is 4. The molecule has 0 atom stereocenters. The van der Waals surface area contributed by atoms with Gasteiger partial charge in [-0.25, -0.2) is 4.79 Å². The average molecular weight is 360 g/mol. The molecule has 0 aliphatic carbocycles. The van der Waals surface area contributed by atoms with Gasteiger partial charge < -0.3 is 16.0 Å². The van der Waals surface area contributed by atoms with E-state index in [1.165, 1.54) is 24.3 Å². The van der Waals surface area contributed by atoms with E-state index < -0.39 is 30.6 Å². The number of carbonyl (C=O) groups excluding carboxylic acids is 3. The molecule has 0 fully saturated rings. The van der Waals surface area contributed by atoms with Crippen molar-refractivity contribution in [3.8, 4) is 0 Å². The van der Waals surface area contributed by atoms with Gasteiger partial charge in [-0.1, -0.05) is 6.07 Å². The maximum Gasteiger partial charge on any atom is 0.405 e. The lowest BCUT2D eigenvalue weighted by Crippen LogP contribution is -2.44. The predicted molar refractivity (Wildman–Crippen MR) is 85.1 cm³/mol. The summed E-state index contributed by atoms with van der Waals surface area (Å²) in [6.45, 7) is 1.78. The van der Waals surface area contributed by atoms with Gasteiger partial charge in [-0.3, -0.25) is 14.9 Å². The fourth-order valence-corrected chi connectivity index (χ4v) is 1.70. The highest BCUT2D eigenvalue weighted by Crippen LogP contribution is 2.14. The van der Waals surface area contributed by atoms with E-state index in [0.29, 0.717) is 5.69 Å². The molecule has 4 N–H and O–H groups in total. The molecular formula is C15H19F3N4O3. The molecule has 138 valence electrons. The summed E-state index contributed by atoms with van der Waals surface area (Å²) in [7, 11) is 0. The van der Waals surface area contributed by atoms with Crippen LogP contribution in [0.25, 0.3) is 0 Å². The monoisotopic (exact) mass is 360 g/mol. The van der Waals surface area contributed by atoms with Crippen LogP contribution in [0.2, 0.25) is 0 Å². The summed E-state index contributed by atoms with van der Waals surface area (Å²) in [5.74, 6) is -1.49. The molecule has 0 heterocycles. The van der Waals surface area contributed by atoms with Crippen LogP contribution in [0, 0.1) is 0 Å². The Hall–Kier alpha value is -2.78. The third-order valence-electron chi connectivity index (χ3n) is 2.70. The van der Waals surface area contributed by atoms with Gasteiger partial charge in [0.15, 0.2) is 0 Å². The molecule has 4 amide bonds. The molecular weight excluding hydrogens is 341 g/mol. The van der Waals surface area contributed by atoms with E-state index in [1.54, 1.807) is 19.2 Å². The van der Waals surface area contributed by atoms with Gasteiger partial charge in [0.2, 0.25) is 5.91 Å². The lowest BCUT2D eigenvalue weighted by molar-refractivity contribution is -0.123. The molecule has 10 heteroatoms. The summed E-state index contributed by atoms with van der Waals surface area (Å²) in [5, 5.41) is 9.01. The molecule has 0 spiro atoms. The highest BCUT2D eigenvalue weighted by molar-refractivity contribution is 5.97. The molecule has 1 aromatic rings. The van der Waals surface area contributed by atoms with E-state index in [-0.39, 0.29) is 18.2 Å². The highest BCUT2D eigenvalue weighted by Gasteiger charge is 2.27. The van der Waals surface area contributed by atoms with Crippen molar-refractivity contribution in [1.82, 2.24) is 16.0 Å². The zero-order valence-corrected chi connectivity index (χ0v) is 13.7. The zero-order chi connectivity index (χ0) is 19.0. The van der Waals surface area contributed by atoms with Crippen LogP contribution in [0.4, 0.5) is 23.7 Å². The van der Waals surface area contributed by atoms with Crippen molar-refractivity contribution in [3.05, 3.63) is 29.8 Å². The topological polar surface area (TPSA) is 99.3 Å². The predicted octanol–water partition coefficient (Wildman–Crippen LogP) is 1.62. The van der Waals surface area contributed by atoms with E-state index in [1.807, 2.05) is 0 Å². The summed E-state index contributed by atoms with van der Waals surface area (Å²) in [4.78, 5) is 34.6. The molecule has 0 radical (unpaired) electrons. The Morgan fingerprint density at radius 2 is 1.84 bits per heavy atom. The lowest BCUT2D eigenvalue weighted by atomic mass is 10.2. The van der Waals surface area contributed by atoms with Gasteiger partial charge in [0.25, 0.3) is 5.91 Å². The van der Waals surface area contributed by atoms with Crippen molar-refractivity contribution in [2.75, 3.05) is 18.4 Å². The first-order valence-corrected chi connectivity index (χ1v) is 7.36. The number of alkyl halides is 3. The molecule has 0 unspecified atom stereocenters. The summed E-state index contributed by atoms with van der Waals surface area (Å²) >= 11 is 0. The molecule has 25 heavy (non-hydrogen) atoms. The summed E-state index contributed by atoms with van der Waals surface area (Å²) in [6, 6.07) is 4.85. The number of hydrogen-bond donors (Lipinski definition) is 4. The average Bonchev–Trinajstić information content (AvgIpc) is 2.49. The van der Waals surface area contributed by atoms with Gasteiger partial charge in [-0.15, -0.1) is 0 Å². The van der Waals surface area contributed by atoms with E-state index in [9.17, 15) is 27.6 Å². The van der Waals surface area contributed by atoms with Crippen LogP contribution in [0.5, 0.6) is 0 Å². The van der Waals surface area contributed by atoms with Gasteiger partial charge in [-0.05, 0) is 32.0 Å². The van der Waals surface area contributed by atoms with E-state index >= 15 is 0 Å². The van der Waals surface area contributed by atoms with E-state index in [4.69, 9.17) is 0 Å². The van der Waals surface area contributed by atoms with Gasteiger partial charge in [0, 0.05) is 17.3 Å². The number of amides is 4. The molecule has 0 bridgehead atoms. The van der Waals surface area contributed by atoms with Crippen LogP contribution in [0.3, 0.4) is 0 Å². The van der Waals surface area contributed by atoms with Crippen molar-refractivity contribution < 1.29 is 27.6 Å². The van der Waals surface area contributed by atoms with Gasteiger partial charge in [0.1, 0.15) is 6.54 Å². The van der Waals surface area contributed by atoms with Crippen LogP contribution in [-0.2, 0) is 4.79 Å². The largest absolute Gasteiger partial charge is 0.405 e. The maximum atomic E-state index is 12.1. The second-order valence-corrected chi connectivity index (χ2v) is 5.41. The van der Waals surface area contributed by atoms with Gasteiger partial charge in [0.05, 0.1) is 6.54 Å². The van der Waals surface area contributed by atoms with Crippen molar-refractivity contribution in [2.24, 2.45) is 0 Å². The highest BCUT2D eigenvalue weighted by atomic mass is 19.4. The summed E-state index contributed by atoms with van der Waals surface area (Å²) < 4.78 is 36.3. The lowest BCUT2D eigenvalue weighted by Gasteiger charge is -2.11. The molecule has 0 aliphatic rings. The number of imide groups is 1. The fourth-order valence-electron chi connectivity index (χ4n) is 1.70. The van der Waals surface area contributed by atoms with Crippen molar-refractivity contribution in [2.45, 2.75) is 26.1 Å². The van der Waals surface area contributed by atoms with Crippen LogP contribution < -0.4 is 21.3 Å². The smallest absolute Gasteiger partial charge is 0.376 e. The van der Waals surface area contributed by atoms with Crippen LogP contribution >= 0.6 is 0 Å². The third kappa shape index (κ3) is 8.58. The summed E-state index contributed by atoms with van der Waals surface area (Å²) in [5.41, 5.74) is 0.353. The molecule has 7 nitrogen and oxygen atoms in total. The molecule has 0 aliphatic heterocycles. The number of halogens is 3. The Morgan fingerprint density at radius 3 is 2.44 bits per heavy atom. The number of benzene rings is 1. The first-order valence-electron chi connectivity index (χ1n) is 7.36. The molecule has 1 aromatic carbocycles. The Kier molecular flexibility index (Phi) is 7.22. The summed E-state index contributed by atoms with van der Waals surface area (Å²) in [6.07, 6.45) is -4.50. The minimum absolute atomic E-state index is 0.00667. The fraction of sp³-hybridized carbons (Fsp3) is 0.400. The normalized spacial score (nSPS) is 11.0. The minimum Gasteiger partial charge on any atom is -0.376 e. The minimum atomic E-state index is -4.50. The maximum absolute atomic E-state index is 12.1. The molecule has 1 rings (SSSR count). The molecule has 0 aromatic heterocycles. The van der Waals surface area contributed by atoms with Crippen LogP contribution in [-0.4, -0.2) is 43.2 Å². The van der Waals surface area contributed by atoms with E-state index in [0.717, 1.165) is 0 Å². The van der Waals surface area contributed by atoms with Crippen molar-refractivity contribution in [3.63, 3.8) is 0 Å². The number of urea groups is 1. The quantitative estimate of drug-likeness (QED) is 0.620. The first kappa shape index (κ1) is 20.3. The Balaban J connectivity index is 2.54. The Labute approximate surface area is 142 Å². The standard InChI is InChI=1S/C15H19F3N4O3/c1-9(2)21-14(25)22-12(23)7-19-11-5-3-4-10(6-11)13(24)20-8-15(16,17)18/h3-6,9,19H,7-8H2,1-2H3,(H,20,24)(H2,21,22,23,25). The van der Waals surface area contributed by atoms with E-state index in [2.05, 4.69) is 16.0 Å². The number of carbonyl (C=O) groups is 3. The Bertz CT molecular complexity index is 633. The molecule has 0 saturated heterocycles. The number of anilines is 1. The van der Waals surface area contributed by atoms with Crippen LogP contribution in [0.1, 0.15) is 24.2 Å². The second kappa shape index (κ2) is 8.90.